The van der Waals surface area contributed by atoms with E-state index in [-0.39, 0.29) is 33.0 Å². The van der Waals surface area contributed by atoms with Crippen LogP contribution in [-0.2, 0) is 16.2 Å². The van der Waals surface area contributed by atoms with E-state index in [1.165, 1.54) is 29.1 Å². The number of halogens is 3. The highest BCUT2D eigenvalue weighted by atomic mass is 32.2. The van der Waals surface area contributed by atoms with E-state index in [0.717, 1.165) is 0 Å². The Bertz CT molecular complexity index is 1750. The Balaban J connectivity index is 1.39. The summed E-state index contributed by atoms with van der Waals surface area (Å²) in [5.41, 5.74) is 0.0212. The second-order valence-corrected chi connectivity index (χ2v) is 12.0. The van der Waals surface area contributed by atoms with Crippen molar-refractivity contribution in [1.82, 2.24) is 39.4 Å². The lowest BCUT2D eigenvalue weighted by Gasteiger charge is -2.36. The second-order valence-electron chi connectivity index (χ2n) is 9.36. The number of H-pyrrole nitrogens is 1. The SMILES string of the molecule is N#CC1(NS(=O)(=O)c2cc(N3CCN(C(=O)c4ccn[nH]4)CC3)c3cnc(-c4nnc(C(F)(F)F)s4)n3c2)CC1. The summed E-state index contributed by atoms with van der Waals surface area (Å²) < 4.78 is 70.1. The molecule has 13 nitrogen and oxygen atoms in total. The van der Waals surface area contributed by atoms with Crippen LogP contribution in [0.3, 0.4) is 0 Å². The first-order valence-corrected chi connectivity index (χ1v) is 14.2. The van der Waals surface area contributed by atoms with Gasteiger partial charge in [-0.3, -0.25) is 14.3 Å². The van der Waals surface area contributed by atoms with Gasteiger partial charge in [0.1, 0.15) is 16.1 Å². The molecule has 208 valence electrons. The number of pyridine rings is 1. The van der Waals surface area contributed by atoms with E-state index in [1.54, 1.807) is 11.0 Å². The maximum absolute atomic E-state index is 13.4. The van der Waals surface area contributed by atoms with Crippen molar-refractivity contribution in [2.75, 3.05) is 31.1 Å². The molecule has 2 aliphatic rings. The predicted octanol–water partition coefficient (Wildman–Crippen LogP) is 1.89. The van der Waals surface area contributed by atoms with E-state index >= 15 is 0 Å². The van der Waals surface area contributed by atoms with Crippen LogP contribution in [0.2, 0.25) is 0 Å². The fourth-order valence-electron chi connectivity index (χ4n) is 4.41. The third-order valence-electron chi connectivity index (χ3n) is 6.70. The first-order chi connectivity index (χ1) is 19.0. The van der Waals surface area contributed by atoms with E-state index in [1.807, 2.05) is 11.0 Å². The number of amides is 1. The van der Waals surface area contributed by atoms with Crippen molar-refractivity contribution in [2.45, 2.75) is 29.5 Å². The molecule has 0 atom stereocenters. The third kappa shape index (κ3) is 4.65. The summed E-state index contributed by atoms with van der Waals surface area (Å²) in [7, 11) is -4.20. The summed E-state index contributed by atoms with van der Waals surface area (Å²) in [6.07, 6.45) is 0.171. The lowest BCUT2D eigenvalue weighted by atomic mass is 10.2. The number of piperazine rings is 1. The number of imidazole rings is 1. The van der Waals surface area contributed by atoms with Gasteiger partial charge in [0.05, 0.1) is 23.5 Å². The van der Waals surface area contributed by atoms with Crippen molar-refractivity contribution >= 4 is 38.5 Å². The summed E-state index contributed by atoms with van der Waals surface area (Å²) in [5.74, 6) is -0.242. The van der Waals surface area contributed by atoms with Crippen LogP contribution in [-0.4, -0.2) is 80.7 Å². The zero-order valence-corrected chi connectivity index (χ0v) is 22.0. The Morgan fingerprint density at radius 2 is 1.95 bits per heavy atom. The van der Waals surface area contributed by atoms with Gasteiger partial charge in [-0.25, -0.2) is 13.4 Å². The van der Waals surface area contributed by atoms with Crippen molar-refractivity contribution in [3.63, 3.8) is 0 Å². The normalized spacial score (nSPS) is 17.2. The monoisotopic (exact) mass is 592 g/mol. The molecule has 4 aromatic heterocycles. The van der Waals surface area contributed by atoms with Gasteiger partial charge in [0.2, 0.25) is 15.0 Å². The molecule has 1 saturated carbocycles. The molecule has 0 unspecified atom stereocenters. The quantitative estimate of drug-likeness (QED) is 0.340. The summed E-state index contributed by atoms with van der Waals surface area (Å²) in [6, 6.07) is 4.99. The minimum absolute atomic E-state index is 0.0178. The molecule has 1 aliphatic heterocycles. The number of nitrogens with zero attached hydrogens (tertiary/aromatic N) is 8. The Labute approximate surface area is 228 Å². The maximum atomic E-state index is 13.4. The van der Waals surface area contributed by atoms with Crippen LogP contribution in [0, 0.1) is 11.3 Å². The van der Waals surface area contributed by atoms with Crippen LogP contribution in [0.25, 0.3) is 16.3 Å². The number of alkyl halides is 3. The lowest BCUT2D eigenvalue weighted by molar-refractivity contribution is -0.138. The van der Waals surface area contributed by atoms with E-state index < -0.39 is 26.7 Å². The van der Waals surface area contributed by atoms with Gasteiger partial charge in [0.15, 0.2) is 10.8 Å². The van der Waals surface area contributed by atoms with Crippen LogP contribution in [0.5, 0.6) is 0 Å². The molecular formula is C22H19F3N10O3S2. The highest BCUT2D eigenvalue weighted by molar-refractivity contribution is 7.89. The van der Waals surface area contributed by atoms with Crippen LogP contribution in [0.4, 0.5) is 18.9 Å². The van der Waals surface area contributed by atoms with Gasteiger partial charge < -0.3 is 9.80 Å². The van der Waals surface area contributed by atoms with Crippen LogP contribution in [0.1, 0.15) is 28.3 Å². The number of carbonyl (C=O) groups excluding carboxylic acids is 1. The van der Waals surface area contributed by atoms with Crippen molar-refractivity contribution in [3.05, 3.63) is 41.4 Å². The largest absolute Gasteiger partial charge is 0.445 e. The van der Waals surface area contributed by atoms with Gasteiger partial charge in [0.25, 0.3) is 5.91 Å². The van der Waals surface area contributed by atoms with Crippen molar-refractivity contribution in [3.8, 4) is 16.9 Å². The predicted molar refractivity (Wildman–Crippen MR) is 134 cm³/mol. The van der Waals surface area contributed by atoms with Gasteiger partial charge in [-0.1, -0.05) is 11.3 Å². The number of nitriles is 1. The van der Waals surface area contributed by atoms with Crippen LogP contribution < -0.4 is 9.62 Å². The molecule has 4 aromatic rings. The molecule has 5 heterocycles. The Hall–Kier alpha value is -4.08. The number of hydrogen-bond donors (Lipinski definition) is 2. The standard InChI is InChI=1S/C22H19F3N10O3S2/c23-22(24,25)20-31-30-18(39-20)17-27-10-16-15(33-5-7-34(8-6-33)19(36)14-1-4-28-29-14)9-13(11-35(16)17)40(37,38)32-21(12-26)2-3-21/h1,4,9-11,32H,2-3,5-8H2,(H,28,29). The Morgan fingerprint density at radius 1 is 1.20 bits per heavy atom. The smallest absolute Gasteiger partial charge is 0.366 e. The van der Waals surface area contributed by atoms with Crippen molar-refractivity contribution in [2.24, 2.45) is 0 Å². The first kappa shape index (κ1) is 26.2. The zero-order chi connectivity index (χ0) is 28.3. The summed E-state index contributed by atoms with van der Waals surface area (Å²) >= 11 is 0.288. The molecule has 18 heteroatoms. The minimum Gasteiger partial charge on any atom is -0.366 e. The number of nitrogens with one attached hydrogen (secondary N) is 2. The molecule has 2 N–H and O–H groups in total. The highest BCUT2D eigenvalue weighted by Gasteiger charge is 2.47. The van der Waals surface area contributed by atoms with E-state index in [2.05, 4.69) is 30.1 Å². The van der Waals surface area contributed by atoms with Crippen LogP contribution in [0.15, 0.2) is 35.6 Å². The number of sulfonamides is 1. The van der Waals surface area contributed by atoms with Gasteiger partial charge in [0, 0.05) is 38.6 Å². The lowest BCUT2D eigenvalue weighted by Crippen LogP contribution is -2.49. The number of aromatic nitrogens is 6. The summed E-state index contributed by atoms with van der Waals surface area (Å²) in [6.45, 7) is 1.32. The molecule has 0 bridgehead atoms. The molecule has 1 amide bonds. The average molecular weight is 593 g/mol. The van der Waals surface area contributed by atoms with E-state index in [9.17, 15) is 31.6 Å². The Morgan fingerprint density at radius 3 is 2.55 bits per heavy atom. The zero-order valence-electron chi connectivity index (χ0n) is 20.4. The summed E-state index contributed by atoms with van der Waals surface area (Å²) in [4.78, 5) is 20.3. The van der Waals surface area contributed by atoms with Crippen molar-refractivity contribution in [1.29, 1.82) is 5.26 Å². The fourth-order valence-corrected chi connectivity index (χ4v) is 6.51. The Kier molecular flexibility index (Phi) is 6.05. The average Bonchev–Trinajstić information content (AvgIpc) is 3.38. The molecular weight excluding hydrogens is 573 g/mol. The van der Waals surface area contributed by atoms with Crippen LogP contribution >= 0.6 is 11.3 Å². The van der Waals surface area contributed by atoms with Gasteiger partial charge in [-0.05, 0) is 25.0 Å². The van der Waals surface area contributed by atoms with E-state index in [4.69, 9.17) is 0 Å². The molecule has 6 rings (SSSR count). The molecule has 1 saturated heterocycles. The van der Waals surface area contributed by atoms with Gasteiger partial charge in [-0.15, -0.1) is 10.2 Å². The highest BCUT2D eigenvalue weighted by Crippen LogP contribution is 2.38. The number of fused-ring (bicyclic) bond motifs is 1. The molecule has 0 spiro atoms. The third-order valence-corrected chi connectivity index (χ3v) is 9.16. The molecule has 40 heavy (non-hydrogen) atoms. The first-order valence-electron chi connectivity index (χ1n) is 11.9. The van der Waals surface area contributed by atoms with Gasteiger partial charge >= 0.3 is 6.18 Å². The second kappa shape index (κ2) is 9.25. The van der Waals surface area contributed by atoms with E-state index in [0.29, 0.717) is 55.9 Å². The topological polar surface area (TPSA) is 165 Å². The maximum Gasteiger partial charge on any atom is 0.445 e. The number of anilines is 1. The minimum atomic E-state index is -4.70. The van der Waals surface area contributed by atoms with Crippen molar-refractivity contribution < 1.29 is 26.4 Å². The number of aromatic amines is 1. The molecule has 2 fully saturated rings. The molecule has 1 aliphatic carbocycles. The molecule has 0 radical (unpaired) electrons. The fraction of sp³-hybridized carbons (Fsp3) is 0.364. The summed E-state index contributed by atoms with van der Waals surface area (Å²) in [5, 5.41) is 21.4. The number of carbonyl (C=O) groups is 1. The molecule has 0 aromatic carbocycles. The number of rotatable bonds is 6. The number of hydrogen-bond acceptors (Lipinski definition) is 10. The van der Waals surface area contributed by atoms with Gasteiger partial charge in [-0.2, -0.15) is 28.3 Å².